The van der Waals surface area contributed by atoms with E-state index in [4.69, 9.17) is 12.2 Å². The Balaban J connectivity index is 2.05. The van der Waals surface area contributed by atoms with Gasteiger partial charge in [-0.1, -0.05) is 37.6 Å². The molecule has 0 saturated heterocycles. The summed E-state index contributed by atoms with van der Waals surface area (Å²) in [5.74, 6) is 0. The van der Waals surface area contributed by atoms with Gasteiger partial charge in [0.25, 0.3) is 0 Å². The number of anilines is 1. The molecule has 0 aliphatic rings. The molecule has 0 fully saturated rings. The first-order chi connectivity index (χ1) is 12.6. The maximum atomic E-state index is 5.34. The minimum atomic E-state index is 0.375. The van der Waals surface area contributed by atoms with Crippen LogP contribution < -0.4 is 16.0 Å². The van der Waals surface area contributed by atoms with Gasteiger partial charge in [0.15, 0.2) is 5.11 Å². The zero-order valence-corrected chi connectivity index (χ0v) is 16.4. The highest BCUT2D eigenvalue weighted by molar-refractivity contribution is 7.80. The molecule has 0 saturated carbocycles. The highest BCUT2D eigenvalue weighted by atomic mass is 32.1. The summed E-state index contributed by atoms with van der Waals surface area (Å²) in [6.07, 6.45) is 2.23. The third-order valence-corrected chi connectivity index (χ3v) is 4.44. The fraction of sp³-hybridized carbons (Fsp3) is 0.333. The largest absolute Gasteiger partial charge is 0.381 e. The third kappa shape index (κ3) is 4.22. The van der Waals surface area contributed by atoms with Crippen LogP contribution >= 0.6 is 12.2 Å². The average molecular weight is 367 g/mol. The van der Waals surface area contributed by atoms with E-state index in [-0.39, 0.29) is 0 Å². The van der Waals surface area contributed by atoms with E-state index in [1.165, 1.54) is 10.8 Å². The molecule has 0 radical (unpaired) electrons. The quantitative estimate of drug-likeness (QED) is 0.452. The minimum absolute atomic E-state index is 0.375. The van der Waals surface area contributed by atoms with Gasteiger partial charge in [0.05, 0.1) is 16.6 Å². The highest BCUT2D eigenvalue weighted by Gasteiger charge is 2.08. The molecule has 0 atom stereocenters. The Morgan fingerprint density at radius 1 is 1.15 bits per heavy atom. The van der Waals surface area contributed by atoms with E-state index >= 15 is 0 Å². The molecule has 0 spiro atoms. The standard InChI is InChI=1S/C21H26N4S/c1-4-5-12-22-21(26)24-15-8-6-9-16-17-10-7-11-18(23-14(2)3)20(17)25-19(16)13-15/h6-11,13-14,23,25H,4-5,12H2,1-3H3,(H,22,26). The number of nitrogens with one attached hydrogen (secondary N) is 3. The van der Waals surface area contributed by atoms with Crippen LogP contribution in [0.3, 0.4) is 0 Å². The molecule has 0 aliphatic carbocycles. The number of rotatable bonds is 5. The van der Waals surface area contributed by atoms with Crippen molar-refractivity contribution in [3.8, 4) is 0 Å². The van der Waals surface area contributed by atoms with E-state index < -0.39 is 0 Å². The SMILES string of the molecule is CCCCNC(=S)N=c1cccc2c(c1)[nH]c1c(NC(C)C)cccc12. The predicted molar refractivity (Wildman–Crippen MR) is 116 cm³/mol. The Morgan fingerprint density at radius 2 is 1.92 bits per heavy atom. The van der Waals surface area contributed by atoms with Crippen LogP contribution in [0.2, 0.25) is 0 Å². The molecular weight excluding hydrogens is 340 g/mol. The molecule has 0 bridgehead atoms. The molecule has 3 aromatic rings. The normalized spacial score (nSPS) is 12.1. The summed E-state index contributed by atoms with van der Waals surface area (Å²) in [7, 11) is 0. The molecule has 1 heterocycles. The highest BCUT2D eigenvalue weighted by Crippen LogP contribution is 2.29. The summed E-state index contributed by atoms with van der Waals surface area (Å²) in [4.78, 5) is 8.10. The van der Waals surface area contributed by atoms with Gasteiger partial charge < -0.3 is 15.6 Å². The van der Waals surface area contributed by atoms with Gasteiger partial charge in [-0.15, -0.1) is 0 Å². The molecule has 0 amide bonds. The van der Waals surface area contributed by atoms with Gasteiger partial charge >= 0.3 is 0 Å². The van der Waals surface area contributed by atoms with Crippen molar-refractivity contribution in [2.24, 2.45) is 4.99 Å². The first-order valence-electron chi connectivity index (χ1n) is 9.22. The Bertz CT molecular complexity index is 988. The molecule has 5 heteroatoms. The number of nitrogens with zero attached hydrogens (tertiary/aromatic N) is 1. The lowest BCUT2D eigenvalue weighted by Gasteiger charge is -2.10. The number of hydrogen-bond donors (Lipinski definition) is 3. The van der Waals surface area contributed by atoms with Crippen molar-refractivity contribution >= 4 is 44.8 Å². The fourth-order valence-electron chi connectivity index (χ4n) is 3.02. The number of thiocarbonyl (C=S) groups is 1. The Kier molecular flexibility index (Phi) is 5.89. The zero-order chi connectivity index (χ0) is 18.5. The summed E-state index contributed by atoms with van der Waals surface area (Å²) in [5.41, 5.74) is 3.29. The molecule has 136 valence electrons. The molecule has 3 N–H and O–H groups in total. The lowest BCUT2D eigenvalue weighted by Crippen LogP contribution is -2.22. The van der Waals surface area contributed by atoms with Crippen molar-refractivity contribution in [1.82, 2.24) is 10.3 Å². The van der Waals surface area contributed by atoms with Crippen LogP contribution in [0.15, 0.2) is 47.5 Å². The monoisotopic (exact) mass is 366 g/mol. The maximum absolute atomic E-state index is 5.34. The zero-order valence-electron chi connectivity index (χ0n) is 15.6. The van der Waals surface area contributed by atoms with Crippen LogP contribution in [-0.2, 0) is 0 Å². The van der Waals surface area contributed by atoms with E-state index in [2.05, 4.69) is 71.7 Å². The number of hydrogen-bond acceptors (Lipinski definition) is 2. The van der Waals surface area contributed by atoms with Crippen LogP contribution in [0.1, 0.15) is 33.6 Å². The number of unbranched alkanes of at least 4 members (excludes halogenated alkanes) is 1. The van der Waals surface area contributed by atoms with Gasteiger partial charge in [-0.3, -0.25) is 0 Å². The van der Waals surface area contributed by atoms with Gasteiger partial charge in [-0.2, -0.15) is 0 Å². The van der Waals surface area contributed by atoms with Crippen molar-refractivity contribution < 1.29 is 0 Å². The third-order valence-electron chi connectivity index (χ3n) is 4.21. The summed E-state index contributed by atoms with van der Waals surface area (Å²) in [5, 5.41) is 10.5. The second-order valence-corrected chi connectivity index (χ2v) is 7.16. The van der Waals surface area contributed by atoms with Crippen molar-refractivity contribution in [1.29, 1.82) is 0 Å². The molecule has 0 aliphatic heterocycles. The Morgan fingerprint density at radius 3 is 2.69 bits per heavy atom. The van der Waals surface area contributed by atoms with Gasteiger partial charge in [-0.25, -0.2) is 4.99 Å². The number of benzene rings is 1. The lowest BCUT2D eigenvalue weighted by molar-refractivity contribution is 0.755. The van der Waals surface area contributed by atoms with Gasteiger partial charge in [0.1, 0.15) is 0 Å². The predicted octanol–water partition coefficient (Wildman–Crippen LogP) is 4.72. The Hall–Kier alpha value is -2.40. The second-order valence-electron chi connectivity index (χ2n) is 6.77. The lowest BCUT2D eigenvalue weighted by atomic mass is 10.1. The van der Waals surface area contributed by atoms with Gasteiger partial charge in [0, 0.05) is 28.9 Å². The van der Waals surface area contributed by atoms with E-state index in [1.807, 2.05) is 12.1 Å². The smallest absolute Gasteiger partial charge is 0.193 e. The number of aromatic nitrogens is 1. The molecule has 0 unspecified atom stereocenters. The topological polar surface area (TPSA) is 52.2 Å². The van der Waals surface area contributed by atoms with Crippen LogP contribution in [0.25, 0.3) is 21.8 Å². The molecule has 4 nitrogen and oxygen atoms in total. The van der Waals surface area contributed by atoms with Crippen molar-refractivity contribution in [2.45, 2.75) is 39.7 Å². The molecule has 2 aromatic carbocycles. The number of aromatic amines is 1. The van der Waals surface area contributed by atoms with E-state index in [1.54, 1.807) is 0 Å². The summed E-state index contributed by atoms with van der Waals surface area (Å²) in [6.45, 7) is 7.31. The fourth-order valence-corrected chi connectivity index (χ4v) is 3.23. The van der Waals surface area contributed by atoms with Crippen LogP contribution in [0, 0.1) is 0 Å². The van der Waals surface area contributed by atoms with Gasteiger partial charge in [0.2, 0.25) is 0 Å². The van der Waals surface area contributed by atoms with Crippen molar-refractivity contribution in [2.75, 3.05) is 11.9 Å². The van der Waals surface area contributed by atoms with Gasteiger partial charge in [-0.05, 0) is 50.7 Å². The first kappa shape index (κ1) is 18.4. The second kappa shape index (κ2) is 8.32. The summed E-state index contributed by atoms with van der Waals surface area (Å²) < 4.78 is 0. The molecule has 26 heavy (non-hydrogen) atoms. The molecular formula is C21H26N4S. The van der Waals surface area contributed by atoms with Crippen LogP contribution in [-0.4, -0.2) is 22.7 Å². The molecule has 1 aromatic heterocycles. The number of fused-ring (bicyclic) bond motifs is 3. The van der Waals surface area contributed by atoms with Crippen molar-refractivity contribution in [3.05, 3.63) is 47.8 Å². The van der Waals surface area contributed by atoms with E-state index in [9.17, 15) is 0 Å². The van der Waals surface area contributed by atoms with E-state index in [0.717, 1.165) is 41.5 Å². The number of para-hydroxylation sites is 1. The molecule has 3 rings (SSSR count). The Labute approximate surface area is 159 Å². The van der Waals surface area contributed by atoms with Crippen LogP contribution in [0.5, 0.6) is 0 Å². The van der Waals surface area contributed by atoms with Crippen molar-refractivity contribution in [3.63, 3.8) is 0 Å². The summed E-state index contributed by atoms with van der Waals surface area (Å²) in [6, 6.07) is 14.9. The average Bonchev–Trinajstić information content (AvgIpc) is 2.81. The van der Waals surface area contributed by atoms with E-state index in [0.29, 0.717) is 11.2 Å². The van der Waals surface area contributed by atoms with Crippen LogP contribution in [0.4, 0.5) is 5.69 Å². The number of H-pyrrole nitrogens is 1. The maximum Gasteiger partial charge on any atom is 0.193 e. The summed E-state index contributed by atoms with van der Waals surface area (Å²) >= 11 is 5.34. The minimum Gasteiger partial charge on any atom is -0.381 e. The first-order valence-corrected chi connectivity index (χ1v) is 9.63.